The predicted molar refractivity (Wildman–Crippen MR) is 139 cm³/mol. The van der Waals surface area contributed by atoms with Crippen LogP contribution in [0.1, 0.15) is 110 Å². The van der Waals surface area contributed by atoms with Gasteiger partial charge in [-0.2, -0.15) is 0 Å². The van der Waals surface area contributed by atoms with Crippen molar-refractivity contribution in [3.63, 3.8) is 0 Å². The fourth-order valence-electron chi connectivity index (χ4n) is 4.89. The third-order valence-corrected chi connectivity index (χ3v) is 7.31. The van der Waals surface area contributed by atoms with Crippen molar-refractivity contribution in [2.45, 2.75) is 140 Å². The van der Waals surface area contributed by atoms with Gasteiger partial charge in [-0.15, -0.1) is 0 Å². The van der Waals surface area contributed by atoms with E-state index in [4.69, 9.17) is 10.5 Å². The normalized spacial score (nSPS) is 28.0. The first-order valence-electron chi connectivity index (χ1n) is 14.1. The second kappa shape index (κ2) is 16.3. The van der Waals surface area contributed by atoms with Crippen LogP contribution in [-0.2, 0) is 9.53 Å². The Morgan fingerprint density at radius 3 is 1.89 bits per heavy atom. The fraction of sp³-hybridized carbons (Fsp3) is 0.852. The molecule has 0 spiro atoms. The van der Waals surface area contributed by atoms with Gasteiger partial charge in [0.2, 0.25) is 0 Å². The van der Waals surface area contributed by atoms with Crippen LogP contribution in [-0.4, -0.2) is 68.8 Å². The fourth-order valence-corrected chi connectivity index (χ4v) is 4.89. The minimum absolute atomic E-state index is 0.271. The number of nitrogens with zero attached hydrogens (tertiary/aromatic N) is 1. The summed E-state index contributed by atoms with van der Waals surface area (Å²) in [6.45, 7) is 1.76. The van der Waals surface area contributed by atoms with Crippen LogP contribution >= 0.6 is 0 Å². The lowest BCUT2D eigenvalue weighted by atomic mass is 9.98. The summed E-state index contributed by atoms with van der Waals surface area (Å²) in [4.78, 5) is 26.3. The number of hydrogen-bond donors (Lipinski definition) is 5. The van der Waals surface area contributed by atoms with E-state index in [1.54, 1.807) is 0 Å². The Bertz CT molecular complexity index is 690. The van der Waals surface area contributed by atoms with Gasteiger partial charge in [0.1, 0.15) is 18.3 Å². The van der Waals surface area contributed by atoms with Gasteiger partial charge in [-0.3, -0.25) is 15.4 Å². The molecule has 2 aliphatic heterocycles. The maximum atomic E-state index is 12.7. The zero-order valence-electron chi connectivity index (χ0n) is 22.1. The molecule has 0 aromatic rings. The van der Waals surface area contributed by atoms with Gasteiger partial charge in [0.15, 0.2) is 17.7 Å². The van der Waals surface area contributed by atoms with Crippen molar-refractivity contribution in [1.29, 1.82) is 0 Å². The highest BCUT2D eigenvalue weighted by atomic mass is 16.6. The first-order valence-corrected chi connectivity index (χ1v) is 14.1. The Kier molecular flexibility index (Phi) is 13.9. The summed E-state index contributed by atoms with van der Waals surface area (Å²) in [7, 11) is 0. The van der Waals surface area contributed by atoms with E-state index in [9.17, 15) is 24.9 Å². The third-order valence-electron chi connectivity index (χ3n) is 7.31. The van der Waals surface area contributed by atoms with Crippen molar-refractivity contribution in [2.75, 3.05) is 6.61 Å². The van der Waals surface area contributed by atoms with E-state index < -0.39 is 42.8 Å². The first-order chi connectivity index (χ1) is 17.3. The molecule has 5 atom stereocenters. The molecule has 36 heavy (non-hydrogen) atoms. The lowest BCUT2D eigenvalue weighted by molar-refractivity contribution is -0.124. The van der Waals surface area contributed by atoms with Crippen molar-refractivity contribution in [1.82, 2.24) is 10.2 Å². The molecule has 1 saturated heterocycles. The summed E-state index contributed by atoms with van der Waals surface area (Å²) >= 11 is 0. The SMILES string of the molecule is CCCCCCCCCCCCCCCCCC(=O)C1(N)C=CN([C@@H]2O[C@H](CO)[C@@H](O)[C@H]2O)C(=O)N1. The molecule has 0 bridgehead atoms. The smallest absolute Gasteiger partial charge is 0.325 e. The van der Waals surface area contributed by atoms with E-state index in [1.165, 1.54) is 89.3 Å². The monoisotopic (exact) mass is 511 g/mol. The number of urea groups is 1. The molecule has 6 N–H and O–H groups in total. The maximum absolute atomic E-state index is 12.7. The van der Waals surface area contributed by atoms with Crippen molar-refractivity contribution in [3.05, 3.63) is 12.3 Å². The van der Waals surface area contributed by atoms with E-state index >= 15 is 0 Å². The number of rotatable bonds is 19. The van der Waals surface area contributed by atoms with Crippen LogP contribution in [0.15, 0.2) is 12.3 Å². The number of nitrogens with two attached hydrogens (primary N) is 1. The summed E-state index contributed by atoms with van der Waals surface area (Å²) in [5, 5.41) is 31.7. The van der Waals surface area contributed by atoms with Crippen LogP contribution < -0.4 is 11.1 Å². The van der Waals surface area contributed by atoms with Gasteiger partial charge in [0.25, 0.3) is 0 Å². The summed E-state index contributed by atoms with van der Waals surface area (Å²) in [6, 6.07) is -0.709. The molecule has 0 saturated carbocycles. The number of aliphatic hydroxyl groups is 3. The summed E-state index contributed by atoms with van der Waals surface area (Å²) in [5.74, 6) is -0.275. The van der Waals surface area contributed by atoms with Gasteiger partial charge < -0.3 is 25.4 Å². The maximum Gasteiger partial charge on any atom is 0.325 e. The third kappa shape index (κ3) is 9.41. The van der Waals surface area contributed by atoms with Gasteiger partial charge in [0, 0.05) is 12.6 Å². The van der Waals surface area contributed by atoms with E-state index in [-0.39, 0.29) is 12.2 Å². The van der Waals surface area contributed by atoms with Gasteiger partial charge >= 0.3 is 6.03 Å². The van der Waals surface area contributed by atoms with E-state index in [1.807, 2.05) is 0 Å². The number of hydrogen-bond acceptors (Lipinski definition) is 7. The molecule has 9 nitrogen and oxygen atoms in total. The number of amides is 2. The molecule has 0 aliphatic carbocycles. The van der Waals surface area contributed by atoms with Gasteiger partial charge in [-0.05, 0) is 12.5 Å². The summed E-state index contributed by atoms with van der Waals surface area (Å²) < 4.78 is 5.37. The minimum Gasteiger partial charge on any atom is -0.394 e. The molecule has 2 amide bonds. The van der Waals surface area contributed by atoms with Crippen LogP contribution in [0.5, 0.6) is 0 Å². The molecule has 2 rings (SSSR count). The highest BCUT2D eigenvalue weighted by Gasteiger charge is 2.48. The average Bonchev–Trinajstić information content (AvgIpc) is 3.14. The van der Waals surface area contributed by atoms with Crippen molar-refractivity contribution in [3.8, 4) is 0 Å². The quantitative estimate of drug-likeness (QED) is 0.167. The van der Waals surface area contributed by atoms with Crippen molar-refractivity contribution < 1.29 is 29.6 Å². The van der Waals surface area contributed by atoms with Crippen LogP contribution in [0.2, 0.25) is 0 Å². The second-order valence-electron chi connectivity index (χ2n) is 10.4. The molecule has 2 heterocycles. The predicted octanol–water partition coefficient (Wildman–Crippen LogP) is 3.45. The molecule has 2 aliphatic rings. The molecule has 0 radical (unpaired) electrons. The summed E-state index contributed by atoms with van der Waals surface area (Å²) in [6.07, 6.45) is 16.7. The Labute approximate surface area is 216 Å². The molecule has 1 unspecified atom stereocenters. The Balaban J connectivity index is 1.55. The molecule has 208 valence electrons. The number of carbonyl (C=O) groups excluding carboxylic acids is 2. The molecular formula is C27H49N3O6. The number of ketones is 1. The number of nitrogens with one attached hydrogen (secondary N) is 1. The molecule has 0 aromatic carbocycles. The largest absolute Gasteiger partial charge is 0.394 e. The van der Waals surface area contributed by atoms with Gasteiger partial charge in [-0.1, -0.05) is 96.8 Å². The number of aliphatic hydroxyl groups excluding tert-OH is 3. The van der Waals surface area contributed by atoms with Gasteiger partial charge in [0.05, 0.1) is 6.61 Å². The van der Waals surface area contributed by atoms with Crippen LogP contribution in [0.25, 0.3) is 0 Å². The number of unbranched alkanes of at least 4 members (excludes halogenated alkanes) is 14. The molecular weight excluding hydrogens is 462 g/mol. The number of Topliss-reactive ketones (excluding diaryl/α,β-unsaturated/α-hetero) is 1. The van der Waals surface area contributed by atoms with Crippen molar-refractivity contribution in [2.24, 2.45) is 5.73 Å². The number of carbonyl (C=O) groups is 2. The zero-order chi connectivity index (χ0) is 26.4. The standard InChI is InChI=1S/C27H49N3O6/c1-2-3-4-5-6-7-8-9-10-11-12-13-14-15-16-17-22(32)27(28)18-19-30(26(35)29-27)25-24(34)23(33)21(20-31)36-25/h18-19,21,23-25,31,33-34H,2-17,20,28H2,1H3,(H,29,35)/t21-,23-,24-,25-,27?/m1/s1. The summed E-state index contributed by atoms with van der Waals surface area (Å²) in [5.41, 5.74) is 4.53. The van der Waals surface area contributed by atoms with E-state index in [0.717, 1.165) is 24.2 Å². The first kappa shape index (κ1) is 30.7. The van der Waals surface area contributed by atoms with E-state index in [0.29, 0.717) is 0 Å². The van der Waals surface area contributed by atoms with Crippen molar-refractivity contribution >= 4 is 11.8 Å². The van der Waals surface area contributed by atoms with E-state index in [2.05, 4.69) is 12.2 Å². The Hall–Kier alpha value is -1.52. The highest BCUT2D eigenvalue weighted by Crippen LogP contribution is 2.26. The lowest BCUT2D eigenvalue weighted by Gasteiger charge is -2.36. The molecule has 1 fully saturated rings. The van der Waals surface area contributed by atoms with Gasteiger partial charge in [-0.25, -0.2) is 4.79 Å². The Morgan fingerprint density at radius 1 is 0.944 bits per heavy atom. The average molecular weight is 512 g/mol. The molecule has 9 heteroatoms. The molecule has 0 aromatic heterocycles. The Morgan fingerprint density at radius 2 is 1.44 bits per heavy atom. The minimum atomic E-state index is -1.61. The van der Waals surface area contributed by atoms with Crippen LogP contribution in [0.4, 0.5) is 4.79 Å². The zero-order valence-corrected chi connectivity index (χ0v) is 22.1. The van der Waals surface area contributed by atoms with Crippen LogP contribution in [0, 0.1) is 0 Å². The topological polar surface area (TPSA) is 145 Å². The second-order valence-corrected chi connectivity index (χ2v) is 10.4. The number of ether oxygens (including phenoxy) is 1. The lowest BCUT2D eigenvalue weighted by Crippen LogP contribution is -2.66. The highest BCUT2D eigenvalue weighted by molar-refractivity contribution is 5.95. The van der Waals surface area contributed by atoms with Crippen LogP contribution in [0.3, 0.4) is 0 Å².